The van der Waals surface area contributed by atoms with Crippen LogP contribution < -0.4 is 0 Å². The lowest BCUT2D eigenvalue weighted by molar-refractivity contribution is 0.00211. The zero-order chi connectivity index (χ0) is 21.1. The molecule has 0 heterocycles. The van der Waals surface area contributed by atoms with Crippen LogP contribution in [0, 0.1) is 29.1 Å². The van der Waals surface area contributed by atoms with Crippen LogP contribution >= 0.6 is 0 Å². The van der Waals surface area contributed by atoms with E-state index in [9.17, 15) is 22.0 Å². The molecular formula is C18H27F5O3Si. The van der Waals surface area contributed by atoms with Gasteiger partial charge in [-0.1, -0.05) is 6.92 Å². The molecule has 1 atom stereocenters. The lowest BCUT2D eigenvalue weighted by Gasteiger charge is -2.36. The summed E-state index contributed by atoms with van der Waals surface area (Å²) >= 11 is 0. The Morgan fingerprint density at radius 2 is 0.889 bits per heavy atom. The number of rotatable bonds is 9. The fourth-order valence-electron chi connectivity index (χ4n) is 2.84. The molecule has 1 aromatic rings. The monoisotopic (exact) mass is 414 g/mol. The molecule has 0 fully saturated rings. The van der Waals surface area contributed by atoms with E-state index in [4.69, 9.17) is 13.3 Å². The van der Waals surface area contributed by atoms with Crippen LogP contribution in [-0.4, -0.2) is 27.1 Å². The van der Waals surface area contributed by atoms with Crippen molar-refractivity contribution < 1.29 is 35.2 Å². The van der Waals surface area contributed by atoms with Crippen LogP contribution in [0.3, 0.4) is 0 Å². The molecule has 1 rings (SSSR count). The Balaban J connectivity index is 3.40. The molecule has 0 spiro atoms. The maximum Gasteiger partial charge on any atom is 0.502 e. The van der Waals surface area contributed by atoms with Crippen LogP contribution in [-0.2, 0) is 13.3 Å². The van der Waals surface area contributed by atoms with Crippen molar-refractivity contribution in [2.75, 3.05) is 0 Å². The van der Waals surface area contributed by atoms with Gasteiger partial charge in [-0.2, -0.15) is 0 Å². The minimum Gasteiger partial charge on any atom is -0.371 e. The summed E-state index contributed by atoms with van der Waals surface area (Å²) in [5.41, 5.74) is -0.893. The molecule has 0 radical (unpaired) electrons. The van der Waals surface area contributed by atoms with Crippen molar-refractivity contribution in [2.24, 2.45) is 0 Å². The summed E-state index contributed by atoms with van der Waals surface area (Å²) in [6.07, 6.45) is -0.965. The summed E-state index contributed by atoms with van der Waals surface area (Å²) < 4.78 is 86.6. The van der Waals surface area contributed by atoms with Gasteiger partial charge in [0.25, 0.3) is 0 Å². The quantitative estimate of drug-likeness (QED) is 0.225. The summed E-state index contributed by atoms with van der Waals surface area (Å²) in [7, 11) is -3.50. The topological polar surface area (TPSA) is 27.7 Å². The molecule has 0 aliphatic carbocycles. The Labute approximate surface area is 158 Å². The zero-order valence-corrected chi connectivity index (χ0v) is 17.6. The van der Waals surface area contributed by atoms with Crippen molar-refractivity contribution in [1.82, 2.24) is 0 Å². The molecule has 27 heavy (non-hydrogen) atoms. The first-order chi connectivity index (χ1) is 12.3. The van der Waals surface area contributed by atoms with Gasteiger partial charge in [-0.15, -0.1) is 0 Å². The molecule has 1 unspecified atom stereocenters. The summed E-state index contributed by atoms with van der Waals surface area (Å²) in [4.78, 5) is 0. The average Bonchev–Trinajstić information content (AvgIpc) is 2.48. The van der Waals surface area contributed by atoms with Crippen LogP contribution in [0.2, 0.25) is 6.04 Å². The standard InChI is InChI=1S/C18H27F5O3Si/c1-9(2)24-27(25-10(3)4,26-11(5)6)8-12(7)13-14(19)16(21)18(23)17(22)15(13)20/h9-12H,8H2,1-7H3. The lowest BCUT2D eigenvalue weighted by Crippen LogP contribution is -2.51. The normalized spacial score (nSPS) is 13.9. The van der Waals surface area contributed by atoms with E-state index in [0.29, 0.717) is 0 Å². The molecule has 156 valence electrons. The molecule has 9 heteroatoms. The maximum atomic E-state index is 14.2. The molecule has 0 aromatic heterocycles. The van der Waals surface area contributed by atoms with E-state index in [1.807, 2.05) is 0 Å². The van der Waals surface area contributed by atoms with Gasteiger partial charge in [0.2, 0.25) is 5.82 Å². The van der Waals surface area contributed by atoms with E-state index in [2.05, 4.69) is 0 Å². The van der Waals surface area contributed by atoms with Gasteiger partial charge >= 0.3 is 8.80 Å². The van der Waals surface area contributed by atoms with Crippen molar-refractivity contribution in [2.45, 2.75) is 78.7 Å². The minimum atomic E-state index is -3.50. The minimum absolute atomic E-state index is 0.139. The van der Waals surface area contributed by atoms with Crippen molar-refractivity contribution in [3.63, 3.8) is 0 Å². The molecule has 0 aliphatic heterocycles. The Morgan fingerprint density at radius 1 is 0.593 bits per heavy atom. The molecule has 0 saturated carbocycles. The van der Waals surface area contributed by atoms with Crippen LogP contribution in [0.5, 0.6) is 0 Å². The van der Waals surface area contributed by atoms with E-state index < -0.39 is 49.4 Å². The largest absolute Gasteiger partial charge is 0.502 e. The number of benzene rings is 1. The van der Waals surface area contributed by atoms with Gasteiger partial charge in [0.15, 0.2) is 23.3 Å². The Kier molecular flexibility index (Phi) is 8.40. The van der Waals surface area contributed by atoms with Gasteiger partial charge in [-0.05, 0) is 47.5 Å². The highest BCUT2D eigenvalue weighted by Gasteiger charge is 2.47. The predicted molar refractivity (Wildman–Crippen MR) is 93.9 cm³/mol. The van der Waals surface area contributed by atoms with Gasteiger partial charge in [-0.3, -0.25) is 0 Å². The molecule has 3 nitrogen and oxygen atoms in total. The summed E-state index contributed by atoms with van der Waals surface area (Å²) in [6, 6.07) is -0.139. The second-order valence-electron chi connectivity index (χ2n) is 7.27. The van der Waals surface area contributed by atoms with Gasteiger partial charge in [0.05, 0.1) is 0 Å². The first-order valence-electron chi connectivity index (χ1n) is 8.86. The molecule has 0 saturated heterocycles. The van der Waals surface area contributed by atoms with E-state index in [0.717, 1.165) is 0 Å². The molecule has 0 N–H and O–H groups in total. The summed E-state index contributed by atoms with van der Waals surface area (Å²) in [5.74, 6) is -10.9. The number of hydrogen-bond donors (Lipinski definition) is 0. The smallest absolute Gasteiger partial charge is 0.371 e. The second kappa shape index (κ2) is 9.44. The molecular weight excluding hydrogens is 387 g/mol. The van der Waals surface area contributed by atoms with Crippen molar-refractivity contribution in [3.05, 3.63) is 34.6 Å². The Hall–Kier alpha value is -1.03. The highest BCUT2D eigenvalue weighted by atomic mass is 28.4. The molecule has 1 aromatic carbocycles. The highest BCUT2D eigenvalue weighted by molar-refractivity contribution is 6.61. The van der Waals surface area contributed by atoms with Gasteiger partial charge < -0.3 is 13.3 Å². The second-order valence-corrected chi connectivity index (χ2v) is 9.75. The molecule has 0 aliphatic rings. The van der Waals surface area contributed by atoms with Crippen LogP contribution in [0.1, 0.15) is 59.9 Å². The SMILES string of the molecule is CC(C)O[Si](CC(C)c1c(F)c(F)c(F)c(F)c1F)(OC(C)C)OC(C)C. The van der Waals surface area contributed by atoms with E-state index in [1.165, 1.54) is 6.92 Å². The first kappa shape index (κ1) is 24.0. The third-order valence-electron chi connectivity index (χ3n) is 3.54. The fraction of sp³-hybridized carbons (Fsp3) is 0.667. The summed E-state index contributed by atoms with van der Waals surface area (Å²) in [5, 5.41) is 0. The zero-order valence-electron chi connectivity index (χ0n) is 16.6. The van der Waals surface area contributed by atoms with Crippen LogP contribution in [0.15, 0.2) is 0 Å². The number of hydrogen-bond acceptors (Lipinski definition) is 3. The van der Waals surface area contributed by atoms with Crippen molar-refractivity contribution in [1.29, 1.82) is 0 Å². The van der Waals surface area contributed by atoms with Crippen molar-refractivity contribution in [3.8, 4) is 0 Å². The van der Waals surface area contributed by atoms with Gasteiger partial charge in [-0.25, -0.2) is 22.0 Å². The highest BCUT2D eigenvalue weighted by Crippen LogP contribution is 2.36. The maximum absolute atomic E-state index is 14.2. The van der Waals surface area contributed by atoms with Crippen molar-refractivity contribution >= 4 is 8.80 Å². The Morgan fingerprint density at radius 3 is 1.19 bits per heavy atom. The van der Waals surface area contributed by atoms with E-state index in [1.54, 1.807) is 41.5 Å². The molecule has 0 bridgehead atoms. The third-order valence-corrected chi connectivity index (χ3v) is 7.14. The van der Waals surface area contributed by atoms with E-state index in [-0.39, 0.29) is 24.4 Å². The molecule has 0 amide bonds. The van der Waals surface area contributed by atoms with Gasteiger partial charge in [0.1, 0.15) is 0 Å². The number of halogens is 5. The van der Waals surface area contributed by atoms with Crippen LogP contribution in [0.25, 0.3) is 0 Å². The predicted octanol–water partition coefficient (Wildman–Crippen LogP) is 5.70. The lowest BCUT2D eigenvalue weighted by atomic mass is 10.0. The average molecular weight is 414 g/mol. The summed E-state index contributed by atoms with van der Waals surface area (Å²) in [6.45, 7) is 11.8. The third kappa shape index (κ3) is 5.97. The fourth-order valence-corrected chi connectivity index (χ4v) is 6.40. The van der Waals surface area contributed by atoms with Crippen LogP contribution in [0.4, 0.5) is 22.0 Å². The Bertz CT molecular complexity index is 597. The first-order valence-corrected chi connectivity index (χ1v) is 10.8. The van der Waals surface area contributed by atoms with E-state index >= 15 is 0 Å². The van der Waals surface area contributed by atoms with Gasteiger partial charge in [0, 0.05) is 29.9 Å².